The Kier molecular flexibility index (Phi) is 6.16. The van der Waals surface area contributed by atoms with Crippen molar-refractivity contribution >= 4 is 23.3 Å². The number of carbonyl (C=O) groups excluding carboxylic acids is 1. The van der Waals surface area contributed by atoms with Crippen LogP contribution in [0.3, 0.4) is 0 Å². The number of benzene rings is 2. The van der Waals surface area contributed by atoms with E-state index in [-0.39, 0.29) is 18.0 Å². The molecule has 29 heavy (non-hydrogen) atoms. The monoisotopic (exact) mass is 410 g/mol. The fraction of sp³-hybridized carbons (Fsp3) is 0.391. The number of hydrogen-bond donors (Lipinski definition) is 1. The third-order valence-corrected chi connectivity index (χ3v) is 6.00. The summed E-state index contributed by atoms with van der Waals surface area (Å²) in [4.78, 5) is 13.1. The lowest BCUT2D eigenvalue weighted by Crippen LogP contribution is -2.49. The summed E-state index contributed by atoms with van der Waals surface area (Å²) >= 11 is 6.08. The number of carbonyl (C=O) groups is 1. The normalized spacial score (nSPS) is 22.8. The summed E-state index contributed by atoms with van der Waals surface area (Å²) < 4.78 is 0. The zero-order valence-electron chi connectivity index (χ0n) is 16.7. The number of nitrogens with one attached hydrogen (secondary N) is 1. The van der Waals surface area contributed by atoms with E-state index in [1.165, 1.54) is 12.8 Å². The quantitative estimate of drug-likeness (QED) is 0.771. The van der Waals surface area contributed by atoms with Gasteiger partial charge in [-0.3, -0.25) is 5.43 Å². The highest BCUT2D eigenvalue weighted by molar-refractivity contribution is 6.30. The van der Waals surface area contributed by atoms with E-state index in [4.69, 9.17) is 16.7 Å². The van der Waals surface area contributed by atoms with Crippen LogP contribution in [0.15, 0.2) is 59.7 Å². The van der Waals surface area contributed by atoms with Crippen molar-refractivity contribution < 1.29 is 4.79 Å². The Balaban J connectivity index is 1.62. The molecular weight excluding hydrogens is 384 g/mol. The Morgan fingerprint density at radius 2 is 1.66 bits per heavy atom. The van der Waals surface area contributed by atoms with Gasteiger partial charge in [0.1, 0.15) is 0 Å². The standard InChI is InChI=1S/C23H27ClN4O/c1-17-21(18-9-5-4-6-10-18)22(19-11-13-20(24)14-12-19)25-28(17)23(29)26-27-15-7-2-3-8-16-27/h4-6,9-14,17,21H,2-3,7-8,15-16H2,1H3,(H,26,29)/t17-,21-/m1/s1. The number of hydrogen-bond acceptors (Lipinski definition) is 3. The van der Waals surface area contributed by atoms with Gasteiger partial charge >= 0.3 is 6.03 Å². The van der Waals surface area contributed by atoms with E-state index in [2.05, 4.69) is 24.5 Å². The summed E-state index contributed by atoms with van der Waals surface area (Å²) in [5.74, 6) is 0.00672. The van der Waals surface area contributed by atoms with Crippen LogP contribution in [0.5, 0.6) is 0 Å². The zero-order chi connectivity index (χ0) is 20.2. The van der Waals surface area contributed by atoms with E-state index in [0.29, 0.717) is 5.02 Å². The molecule has 0 bridgehead atoms. The van der Waals surface area contributed by atoms with Gasteiger partial charge in [0.15, 0.2) is 0 Å². The number of nitrogens with zero attached hydrogens (tertiary/aromatic N) is 3. The smallest absolute Gasteiger partial charge is 0.269 e. The number of hydrazone groups is 1. The maximum atomic E-state index is 13.1. The van der Waals surface area contributed by atoms with E-state index in [9.17, 15) is 4.79 Å². The van der Waals surface area contributed by atoms with Gasteiger partial charge in [0.2, 0.25) is 0 Å². The molecule has 2 aromatic carbocycles. The van der Waals surface area contributed by atoms with Crippen LogP contribution in [-0.2, 0) is 0 Å². The second-order valence-electron chi connectivity index (χ2n) is 7.78. The Morgan fingerprint density at radius 1 is 1.00 bits per heavy atom. The third kappa shape index (κ3) is 4.46. The zero-order valence-corrected chi connectivity index (χ0v) is 17.5. The van der Waals surface area contributed by atoms with E-state index in [1.54, 1.807) is 5.01 Å². The Labute approximate surface area is 177 Å². The molecule has 2 amide bonds. The lowest BCUT2D eigenvalue weighted by Gasteiger charge is -2.27. The van der Waals surface area contributed by atoms with Gasteiger partial charge in [-0.25, -0.2) is 14.8 Å². The summed E-state index contributed by atoms with van der Waals surface area (Å²) in [7, 11) is 0. The predicted molar refractivity (Wildman–Crippen MR) is 117 cm³/mol. The lowest BCUT2D eigenvalue weighted by molar-refractivity contribution is 0.140. The van der Waals surface area contributed by atoms with Gasteiger partial charge in [-0.05, 0) is 43.0 Å². The molecule has 0 aliphatic carbocycles. The minimum Gasteiger partial charge on any atom is -0.269 e. The minimum atomic E-state index is -0.163. The van der Waals surface area contributed by atoms with Crippen LogP contribution in [0, 0.1) is 0 Å². The number of rotatable bonds is 3. The van der Waals surface area contributed by atoms with Crippen molar-refractivity contribution in [1.29, 1.82) is 0 Å². The SMILES string of the molecule is C[C@@H]1[C@H](c2ccccc2)C(c2ccc(Cl)cc2)=NN1C(=O)NN1CCCCCC1. The van der Waals surface area contributed by atoms with Gasteiger partial charge in [-0.2, -0.15) is 5.10 Å². The molecule has 152 valence electrons. The van der Waals surface area contributed by atoms with Crippen molar-refractivity contribution in [3.8, 4) is 0 Å². The highest BCUT2D eigenvalue weighted by Gasteiger charge is 2.39. The van der Waals surface area contributed by atoms with Crippen molar-refractivity contribution in [2.75, 3.05) is 13.1 Å². The van der Waals surface area contributed by atoms with Gasteiger partial charge in [-0.15, -0.1) is 0 Å². The molecular formula is C23H27ClN4O. The van der Waals surface area contributed by atoms with Crippen LogP contribution >= 0.6 is 11.6 Å². The molecule has 0 radical (unpaired) electrons. The highest BCUT2D eigenvalue weighted by atomic mass is 35.5. The van der Waals surface area contributed by atoms with Crippen molar-refractivity contribution in [2.24, 2.45) is 5.10 Å². The van der Waals surface area contributed by atoms with Crippen LogP contribution in [0.4, 0.5) is 4.79 Å². The van der Waals surface area contributed by atoms with Crippen LogP contribution in [0.25, 0.3) is 0 Å². The molecule has 2 aromatic rings. The number of urea groups is 1. The molecule has 2 aliphatic rings. The van der Waals surface area contributed by atoms with E-state index in [1.807, 2.05) is 47.5 Å². The summed E-state index contributed by atoms with van der Waals surface area (Å²) in [6, 6.07) is 17.7. The lowest BCUT2D eigenvalue weighted by atomic mass is 9.86. The predicted octanol–water partition coefficient (Wildman–Crippen LogP) is 5.03. The first kappa shape index (κ1) is 19.9. The maximum absolute atomic E-state index is 13.1. The molecule has 0 unspecified atom stereocenters. The minimum absolute atomic E-state index is 0.00672. The molecule has 0 saturated carbocycles. The summed E-state index contributed by atoms with van der Waals surface area (Å²) in [5.41, 5.74) is 6.11. The molecule has 4 rings (SSSR count). The number of amides is 2. The number of halogens is 1. The molecule has 1 fully saturated rings. The van der Waals surface area contributed by atoms with E-state index < -0.39 is 0 Å². The highest BCUT2D eigenvalue weighted by Crippen LogP contribution is 2.34. The van der Waals surface area contributed by atoms with Gasteiger partial charge in [-0.1, -0.05) is 66.9 Å². The molecule has 2 aliphatic heterocycles. The Hall–Kier alpha value is -2.37. The molecule has 5 nitrogen and oxygen atoms in total. The van der Waals surface area contributed by atoms with Gasteiger partial charge in [0, 0.05) is 18.1 Å². The van der Waals surface area contributed by atoms with Crippen LogP contribution in [0.2, 0.25) is 5.02 Å². The van der Waals surface area contributed by atoms with Crippen LogP contribution in [0.1, 0.15) is 49.7 Å². The topological polar surface area (TPSA) is 47.9 Å². The third-order valence-electron chi connectivity index (χ3n) is 5.74. The summed E-state index contributed by atoms with van der Waals surface area (Å²) in [6.45, 7) is 3.85. The maximum Gasteiger partial charge on any atom is 0.352 e. The van der Waals surface area contributed by atoms with Crippen molar-refractivity contribution in [2.45, 2.75) is 44.6 Å². The fourth-order valence-corrected chi connectivity index (χ4v) is 4.32. The van der Waals surface area contributed by atoms with Crippen molar-refractivity contribution in [1.82, 2.24) is 15.4 Å². The van der Waals surface area contributed by atoms with Crippen LogP contribution in [-0.4, -0.2) is 40.9 Å². The van der Waals surface area contributed by atoms with Gasteiger partial charge < -0.3 is 0 Å². The van der Waals surface area contributed by atoms with Crippen molar-refractivity contribution in [3.05, 3.63) is 70.7 Å². The molecule has 0 aromatic heterocycles. The first-order chi connectivity index (χ1) is 14.1. The Bertz CT molecular complexity index is 860. The van der Waals surface area contributed by atoms with E-state index in [0.717, 1.165) is 42.8 Å². The summed E-state index contributed by atoms with van der Waals surface area (Å²) in [5, 5.41) is 9.11. The van der Waals surface area contributed by atoms with E-state index >= 15 is 0 Å². The largest absolute Gasteiger partial charge is 0.352 e. The molecule has 2 heterocycles. The molecule has 1 saturated heterocycles. The molecule has 6 heteroatoms. The van der Waals surface area contributed by atoms with Crippen LogP contribution < -0.4 is 5.43 Å². The first-order valence-electron chi connectivity index (χ1n) is 10.4. The Morgan fingerprint density at radius 3 is 2.31 bits per heavy atom. The molecule has 2 atom stereocenters. The van der Waals surface area contributed by atoms with Gasteiger partial charge in [0.05, 0.1) is 17.7 Å². The molecule has 0 spiro atoms. The fourth-order valence-electron chi connectivity index (χ4n) is 4.19. The summed E-state index contributed by atoms with van der Waals surface area (Å²) in [6.07, 6.45) is 4.67. The average Bonchev–Trinajstić information content (AvgIpc) is 2.89. The first-order valence-corrected chi connectivity index (χ1v) is 10.8. The second-order valence-corrected chi connectivity index (χ2v) is 8.22. The van der Waals surface area contributed by atoms with Gasteiger partial charge in [0.25, 0.3) is 0 Å². The van der Waals surface area contributed by atoms with Crippen molar-refractivity contribution in [3.63, 3.8) is 0 Å². The molecule has 1 N–H and O–H groups in total. The average molecular weight is 411 g/mol. The number of hydrazine groups is 1. The second kappa shape index (κ2) is 8.97.